The zero-order valence-electron chi connectivity index (χ0n) is 12.5. The average molecular weight is 307 g/mol. The zero-order valence-corrected chi connectivity index (χ0v) is 13.3. The van der Waals surface area contributed by atoms with Crippen LogP contribution in [0.15, 0.2) is 6.07 Å². The van der Waals surface area contributed by atoms with Crippen molar-refractivity contribution in [3.8, 4) is 11.8 Å². The lowest BCUT2D eigenvalue weighted by Gasteiger charge is -2.31. The van der Waals surface area contributed by atoms with Crippen LogP contribution in [0.1, 0.15) is 39.9 Å². The monoisotopic (exact) mass is 307 g/mol. The molecule has 1 aliphatic rings. The summed E-state index contributed by atoms with van der Waals surface area (Å²) in [7, 11) is 0. The molecule has 1 fully saturated rings. The van der Waals surface area contributed by atoms with Crippen molar-refractivity contribution < 1.29 is 14.6 Å². The maximum absolute atomic E-state index is 12.5. The Morgan fingerprint density at radius 2 is 2.24 bits per heavy atom. The summed E-state index contributed by atoms with van der Waals surface area (Å²) >= 11 is 1.41. The number of aliphatic hydroxyl groups excluding tert-OH is 1. The molecule has 0 aromatic carbocycles. The molecule has 0 unspecified atom stereocenters. The first kappa shape index (κ1) is 16.0. The SMILES string of the molecule is CCOC1CCN(C(=O)c2cc(C)c(C#CCO)s2)CC1. The molecule has 0 aliphatic carbocycles. The van der Waals surface area contributed by atoms with Gasteiger partial charge in [-0.2, -0.15) is 0 Å². The van der Waals surface area contributed by atoms with Gasteiger partial charge in [0.1, 0.15) is 6.61 Å². The number of carbonyl (C=O) groups excluding carboxylic acids is 1. The molecule has 114 valence electrons. The van der Waals surface area contributed by atoms with E-state index in [1.54, 1.807) is 0 Å². The van der Waals surface area contributed by atoms with Gasteiger partial charge in [0.25, 0.3) is 5.91 Å². The number of amides is 1. The van der Waals surface area contributed by atoms with Crippen LogP contribution in [-0.4, -0.2) is 48.3 Å². The van der Waals surface area contributed by atoms with E-state index in [0.29, 0.717) is 0 Å². The molecule has 4 nitrogen and oxygen atoms in total. The van der Waals surface area contributed by atoms with Gasteiger partial charge in [-0.1, -0.05) is 11.8 Å². The number of hydrogen-bond donors (Lipinski definition) is 1. The lowest BCUT2D eigenvalue weighted by Crippen LogP contribution is -2.40. The summed E-state index contributed by atoms with van der Waals surface area (Å²) in [5, 5.41) is 8.75. The number of nitrogens with zero attached hydrogens (tertiary/aromatic N) is 1. The molecular weight excluding hydrogens is 286 g/mol. The Hall–Kier alpha value is -1.35. The van der Waals surface area contributed by atoms with E-state index in [1.165, 1.54) is 11.3 Å². The van der Waals surface area contributed by atoms with Crippen LogP contribution in [-0.2, 0) is 4.74 Å². The maximum atomic E-state index is 12.5. The number of ether oxygens (including phenoxy) is 1. The molecule has 1 saturated heterocycles. The number of aliphatic hydroxyl groups is 1. The van der Waals surface area contributed by atoms with Crippen LogP contribution in [0, 0.1) is 18.8 Å². The minimum absolute atomic E-state index is 0.0788. The second kappa shape index (κ2) is 7.60. The lowest BCUT2D eigenvalue weighted by atomic mass is 10.1. The predicted octanol–water partition coefficient (Wildman–Crippen LogP) is 2.04. The van der Waals surface area contributed by atoms with Gasteiger partial charge < -0.3 is 14.7 Å². The van der Waals surface area contributed by atoms with E-state index in [0.717, 1.165) is 47.9 Å². The van der Waals surface area contributed by atoms with Gasteiger partial charge >= 0.3 is 0 Å². The van der Waals surface area contributed by atoms with Gasteiger partial charge in [-0.3, -0.25) is 4.79 Å². The highest BCUT2D eigenvalue weighted by Crippen LogP contribution is 2.24. The number of piperidine rings is 1. The van der Waals surface area contributed by atoms with E-state index in [4.69, 9.17) is 9.84 Å². The molecule has 1 N–H and O–H groups in total. The van der Waals surface area contributed by atoms with Crippen molar-refractivity contribution in [1.29, 1.82) is 0 Å². The topological polar surface area (TPSA) is 49.8 Å². The van der Waals surface area contributed by atoms with Gasteiger partial charge in [0.2, 0.25) is 0 Å². The van der Waals surface area contributed by atoms with Crippen molar-refractivity contribution in [3.05, 3.63) is 21.4 Å². The van der Waals surface area contributed by atoms with E-state index < -0.39 is 0 Å². The summed E-state index contributed by atoms with van der Waals surface area (Å²) in [5.41, 5.74) is 0.994. The second-order valence-electron chi connectivity index (χ2n) is 5.03. The number of aryl methyl sites for hydroxylation is 1. The standard InChI is InChI=1S/C16H21NO3S/c1-3-20-13-6-8-17(9-7-13)16(19)15-11-12(2)14(21-15)5-4-10-18/h11,13,18H,3,6-10H2,1-2H3. The first-order valence-electron chi connectivity index (χ1n) is 7.26. The molecule has 1 aromatic rings. The van der Waals surface area contributed by atoms with Gasteiger partial charge in [0, 0.05) is 19.7 Å². The number of thiophene rings is 1. The molecule has 0 spiro atoms. The van der Waals surface area contributed by atoms with Crippen LogP contribution in [0.3, 0.4) is 0 Å². The molecular formula is C16H21NO3S. The molecule has 1 amide bonds. The Kier molecular flexibility index (Phi) is 5.80. The third kappa shape index (κ3) is 4.07. The third-order valence-corrected chi connectivity index (χ3v) is 4.68. The summed E-state index contributed by atoms with van der Waals surface area (Å²) in [6, 6.07) is 1.89. The highest BCUT2D eigenvalue weighted by Gasteiger charge is 2.25. The van der Waals surface area contributed by atoms with Crippen molar-refractivity contribution in [3.63, 3.8) is 0 Å². The van der Waals surface area contributed by atoms with E-state index >= 15 is 0 Å². The van der Waals surface area contributed by atoms with E-state index in [9.17, 15) is 4.79 Å². The molecule has 0 radical (unpaired) electrons. The van der Waals surface area contributed by atoms with Crippen molar-refractivity contribution in [2.75, 3.05) is 26.3 Å². The summed E-state index contributed by atoms with van der Waals surface area (Å²) in [4.78, 5) is 16.0. The number of likely N-dealkylation sites (tertiary alicyclic amines) is 1. The number of rotatable bonds is 3. The van der Waals surface area contributed by atoms with Crippen molar-refractivity contribution in [2.45, 2.75) is 32.8 Å². The van der Waals surface area contributed by atoms with Crippen LogP contribution < -0.4 is 0 Å². The van der Waals surface area contributed by atoms with E-state index in [1.807, 2.05) is 24.8 Å². The highest BCUT2D eigenvalue weighted by atomic mass is 32.1. The second-order valence-corrected chi connectivity index (χ2v) is 6.08. The minimum atomic E-state index is -0.161. The molecule has 0 saturated carbocycles. The molecule has 0 bridgehead atoms. The first-order valence-corrected chi connectivity index (χ1v) is 8.08. The van der Waals surface area contributed by atoms with Gasteiger partial charge in [-0.15, -0.1) is 11.3 Å². The molecule has 1 aromatic heterocycles. The molecule has 2 heterocycles. The summed E-state index contributed by atoms with van der Waals surface area (Å²) in [5.74, 6) is 5.60. The Labute approximate surface area is 129 Å². The fourth-order valence-corrected chi connectivity index (χ4v) is 3.46. The Morgan fingerprint density at radius 3 is 2.86 bits per heavy atom. The van der Waals surface area contributed by atoms with Crippen molar-refractivity contribution >= 4 is 17.2 Å². The summed E-state index contributed by atoms with van der Waals surface area (Å²) in [6.45, 7) is 6.01. The molecule has 5 heteroatoms. The zero-order chi connectivity index (χ0) is 15.2. The fraction of sp³-hybridized carbons (Fsp3) is 0.562. The highest BCUT2D eigenvalue weighted by molar-refractivity contribution is 7.14. The Bertz CT molecular complexity index is 548. The minimum Gasteiger partial charge on any atom is -0.384 e. The van der Waals surface area contributed by atoms with Gasteiger partial charge in [-0.05, 0) is 38.3 Å². The van der Waals surface area contributed by atoms with Crippen LogP contribution in [0.5, 0.6) is 0 Å². The molecule has 21 heavy (non-hydrogen) atoms. The number of hydrogen-bond acceptors (Lipinski definition) is 4. The largest absolute Gasteiger partial charge is 0.384 e. The van der Waals surface area contributed by atoms with Gasteiger partial charge in [0.05, 0.1) is 15.9 Å². The van der Waals surface area contributed by atoms with Crippen LogP contribution in [0.25, 0.3) is 0 Å². The average Bonchev–Trinajstić information content (AvgIpc) is 2.86. The molecule has 1 aliphatic heterocycles. The summed E-state index contributed by atoms with van der Waals surface area (Å²) in [6.07, 6.45) is 2.09. The van der Waals surface area contributed by atoms with Crippen LogP contribution in [0.2, 0.25) is 0 Å². The maximum Gasteiger partial charge on any atom is 0.263 e. The smallest absolute Gasteiger partial charge is 0.263 e. The third-order valence-electron chi connectivity index (χ3n) is 3.54. The van der Waals surface area contributed by atoms with Crippen molar-refractivity contribution in [2.24, 2.45) is 0 Å². The van der Waals surface area contributed by atoms with Crippen LogP contribution in [0.4, 0.5) is 0 Å². The summed E-state index contributed by atoms with van der Waals surface area (Å²) < 4.78 is 5.61. The van der Waals surface area contributed by atoms with E-state index in [2.05, 4.69) is 11.8 Å². The van der Waals surface area contributed by atoms with Gasteiger partial charge in [-0.25, -0.2) is 0 Å². The first-order chi connectivity index (χ1) is 10.2. The lowest BCUT2D eigenvalue weighted by molar-refractivity contribution is 0.0147. The Morgan fingerprint density at radius 1 is 1.52 bits per heavy atom. The van der Waals surface area contributed by atoms with Crippen LogP contribution >= 0.6 is 11.3 Å². The van der Waals surface area contributed by atoms with E-state index in [-0.39, 0.29) is 18.6 Å². The van der Waals surface area contributed by atoms with Gasteiger partial charge in [0.15, 0.2) is 0 Å². The quantitative estimate of drug-likeness (QED) is 0.870. The fourth-order valence-electron chi connectivity index (χ4n) is 2.45. The molecule has 2 rings (SSSR count). The van der Waals surface area contributed by atoms with Crippen molar-refractivity contribution in [1.82, 2.24) is 4.90 Å². The Balaban J connectivity index is 2.01. The molecule has 0 atom stereocenters. The predicted molar refractivity (Wildman–Crippen MR) is 83.6 cm³/mol. The number of carbonyl (C=O) groups is 1. The normalized spacial score (nSPS) is 15.7.